The van der Waals surface area contributed by atoms with Crippen molar-refractivity contribution >= 4 is 30.7 Å². The Morgan fingerprint density at radius 2 is 1.72 bits per heavy atom. The zero-order valence-electron chi connectivity index (χ0n) is 15.7. The standard InChI is InChI=1S/C19H35N3O.2ClH/c1-15-7-10-21(11-8-15)13-16-4-3-9-22(14-16)19(23)12-17-5-2-6-18(17)20;;/h15-18H,2-14,20H2,1H3;2*1H/t16?,17-,18+;;/m0../s1. The zero-order chi connectivity index (χ0) is 16.2. The van der Waals surface area contributed by atoms with Crippen molar-refractivity contribution in [3.63, 3.8) is 0 Å². The first kappa shape index (κ1) is 23.0. The summed E-state index contributed by atoms with van der Waals surface area (Å²) in [5, 5.41) is 0. The predicted molar refractivity (Wildman–Crippen MR) is 109 cm³/mol. The highest BCUT2D eigenvalue weighted by molar-refractivity contribution is 5.85. The molecular formula is C19H37Cl2N3O. The molecule has 3 atom stereocenters. The Balaban J connectivity index is 0.00000156. The SMILES string of the molecule is CC1CCN(CC2CCCN(C(=O)C[C@@H]3CCC[C@H]3N)C2)CC1.Cl.Cl. The molecule has 2 heterocycles. The molecule has 1 unspecified atom stereocenters. The van der Waals surface area contributed by atoms with E-state index in [1.807, 2.05) is 0 Å². The molecule has 0 spiro atoms. The summed E-state index contributed by atoms with van der Waals surface area (Å²) < 4.78 is 0. The molecule has 6 heteroatoms. The Hall–Kier alpha value is -0.0300. The minimum Gasteiger partial charge on any atom is -0.342 e. The highest BCUT2D eigenvalue weighted by Crippen LogP contribution is 2.28. The first-order valence-electron chi connectivity index (χ1n) is 9.87. The molecule has 0 aromatic heterocycles. The average molecular weight is 394 g/mol. The van der Waals surface area contributed by atoms with Gasteiger partial charge in [-0.3, -0.25) is 4.79 Å². The topological polar surface area (TPSA) is 49.6 Å². The van der Waals surface area contributed by atoms with E-state index in [-0.39, 0.29) is 30.9 Å². The summed E-state index contributed by atoms with van der Waals surface area (Å²) in [6.07, 6.45) is 9.30. The van der Waals surface area contributed by atoms with Crippen LogP contribution in [0, 0.1) is 17.8 Å². The van der Waals surface area contributed by atoms with Crippen LogP contribution in [0.4, 0.5) is 0 Å². The fourth-order valence-electron chi connectivity index (χ4n) is 4.72. The third-order valence-electron chi connectivity index (χ3n) is 6.42. The molecule has 1 amide bonds. The number of rotatable bonds is 4. The summed E-state index contributed by atoms with van der Waals surface area (Å²) in [4.78, 5) is 17.4. The maximum Gasteiger partial charge on any atom is 0.222 e. The molecular weight excluding hydrogens is 357 g/mol. The molecule has 1 saturated carbocycles. The molecule has 25 heavy (non-hydrogen) atoms. The third-order valence-corrected chi connectivity index (χ3v) is 6.42. The number of hydrogen-bond donors (Lipinski definition) is 1. The first-order valence-corrected chi connectivity index (χ1v) is 9.87. The van der Waals surface area contributed by atoms with Crippen LogP contribution < -0.4 is 5.73 Å². The Kier molecular flexibility index (Phi) is 10.1. The summed E-state index contributed by atoms with van der Waals surface area (Å²) in [7, 11) is 0. The van der Waals surface area contributed by atoms with Gasteiger partial charge in [0.25, 0.3) is 0 Å². The van der Waals surface area contributed by atoms with Crippen molar-refractivity contribution in [2.45, 2.75) is 64.3 Å². The molecule has 0 aromatic rings. The predicted octanol–water partition coefficient (Wildman–Crippen LogP) is 3.32. The first-order chi connectivity index (χ1) is 11.1. The molecule has 0 aromatic carbocycles. The third kappa shape index (κ3) is 6.57. The van der Waals surface area contributed by atoms with Gasteiger partial charge in [-0.1, -0.05) is 13.3 Å². The van der Waals surface area contributed by atoms with E-state index in [0.29, 0.717) is 24.2 Å². The number of piperidine rings is 2. The number of amides is 1. The maximum atomic E-state index is 12.6. The van der Waals surface area contributed by atoms with Crippen molar-refractivity contribution in [3.05, 3.63) is 0 Å². The fourth-order valence-corrected chi connectivity index (χ4v) is 4.72. The molecule has 1 aliphatic carbocycles. The lowest BCUT2D eigenvalue weighted by Gasteiger charge is -2.38. The van der Waals surface area contributed by atoms with Gasteiger partial charge in [0.05, 0.1) is 0 Å². The minimum absolute atomic E-state index is 0. The Morgan fingerprint density at radius 1 is 1.00 bits per heavy atom. The number of hydrogen-bond acceptors (Lipinski definition) is 3. The van der Waals surface area contributed by atoms with E-state index >= 15 is 0 Å². The van der Waals surface area contributed by atoms with E-state index in [1.165, 1.54) is 51.7 Å². The van der Waals surface area contributed by atoms with Gasteiger partial charge in [-0.05, 0) is 69.4 Å². The van der Waals surface area contributed by atoms with E-state index in [1.54, 1.807) is 0 Å². The van der Waals surface area contributed by atoms with Gasteiger partial charge in [-0.15, -0.1) is 24.8 Å². The molecule has 148 valence electrons. The summed E-state index contributed by atoms with van der Waals surface area (Å²) in [6, 6.07) is 0.259. The normalized spacial score (nSPS) is 31.3. The second-order valence-electron chi connectivity index (χ2n) is 8.39. The zero-order valence-corrected chi connectivity index (χ0v) is 17.3. The second kappa shape index (κ2) is 11.0. The monoisotopic (exact) mass is 393 g/mol. The van der Waals surface area contributed by atoms with Gasteiger partial charge in [-0.2, -0.15) is 0 Å². The van der Waals surface area contributed by atoms with E-state index in [4.69, 9.17) is 5.73 Å². The van der Waals surface area contributed by atoms with E-state index in [2.05, 4.69) is 16.7 Å². The highest BCUT2D eigenvalue weighted by atomic mass is 35.5. The quantitative estimate of drug-likeness (QED) is 0.796. The number of carbonyl (C=O) groups is 1. The number of likely N-dealkylation sites (tertiary alicyclic amines) is 2. The number of halogens is 2. The molecule has 0 radical (unpaired) electrons. The van der Waals surface area contributed by atoms with Gasteiger partial charge in [0, 0.05) is 32.1 Å². The average Bonchev–Trinajstić information content (AvgIpc) is 2.95. The smallest absolute Gasteiger partial charge is 0.222 e. The van der Waals surface area contributed by atoms with Gasteiger partial charge in [0.15, 0.2) is 0 Å². The van der Waals surface area contributed by atoms with Crippen molar-refractivity contribution < 1.29 is 4.79 Å². The number of nitrogens with two attached hydrogens (primary N) is 1. The molecule has 3 rings (SSSR count). The molecule has 2 N–H and O–H groups in total. The van der Waals surface area contributed by atoms with E-state index < -0.39 is 0 Å². The number of carbonyl (C=O) groups excluding carboxylic acids is 1. The Labute approximate surface area is 166 Å². The Morgan fingerprint density at radius 3 is 2.36 bits per heavy atom. The Bertz CT molecular complexity index is 402. The van der Waals surface area contributed by atoms with Crippen LogP contribution in [-0.4, -0.2) is 54.5 Å². The maximum absolute atomic E-state index is 12.6. The minimum atomic E-state index is 0. The van der Waals surface area contributed by atoms with Crippen LogP contribution >= 0.6 is 24.8 Å². The molecule has 2 aliphatic heterocycles. The van der Waals surface area contributed by atoms with Crippen LogP contribution in [0.3, 0.4) is 0 Å². The molecule has 4 nitrogen and oxygen atoms in total. The highest BCUT2D eigenvalue weighted by Gasteiger charge is 2.30. The van der Waals surface area contributed by atoms with Gasteiger partial charge >= 0.3 is 0 Å². The molecule has 3 fully saturated rings. The molecule has 2 saturated heterocycles. The lowest BCUT2D eigenvalue weighted by atomic mass is 9.93. The molecule has 3 aliphatic rings. The van der Waals surface area contributed by atoms with Crippen molar-refractivity contribution in [3.8, 4) is 0 Å². The van der Waals surface area contributed by atoms with Crippen molar-refractivity contribution in [1.82, 2.24) is 9.80 Å². The van der Waals surface area contributed by atoms with Crippen LogP contribution in [0.1, 0.15) is 58.3 Å². The largest absolute Gasteiger partial charge is 0.342 e. The van der Waals surface area contributed by atoms with Crippen molar-refractivity contribution in [1.29, 1.82) is 0 Å². The van der Waals surface area contributed by atoms with Gasteiger partial charge < -0.3 is 15.5 Å². The van der Waals surface area contributed by atoms with Crippen molar-refractivity contribution in [2.75, 3.05) is 32.7 Å². The summed E-state index contributed by atoms with van der Waals surface area (Å²) in [6.45, 7) is 8.01. The van der Waals surface area contributed by atoms with E-state index in [0.717, 1.165) is 31.8 Å². The van der Waals surface area contributed by atoms with Gasteiger partial charge in [0.2, 0.25) is 5.91 Å². The lowest BCUT2D eigenvalue weighted by molar-refractivity contribution is -0.134. The van der Waals surface area contributed by atoms with Crippen LogP contribution in [0.2, 0.25) is 0 Å². The van der Waals surface area contributed by atoms with Gasteiger partial charge in [0.1, 0.15) is 0 Å². The van der Waals surface area contributed by atoms with Crippen LogP contribution in [0.5, 0.6) is 0 Å². The van der Waals surface area contributed by atoms with Crippen LogP contribution in [0.25, 0.3) is 0 Å². The van der Waals surface area contributed by atoms with Crippen LogP contribution in [-0.2, 0) is 4.79 Å². The van der Waals surface area contributed by atoms with Gasteiger partial charge in [-0.25, -0.2) is 0 Å². The fraction of sp³-hybridized carbons (Fsp3) is 0.947. The summed E-state index contributed by atoms with van der Waals surface area (Å²) in [5.41, 5.74) is 6.14. The summed E-state index contributed by atoms with van der Waals surface area (Å²) >= 11 is 0. The van der Waals surface area contributed by atoms with Crippen molar-refractivity contribution in [2.24, 2.45) is 23.5 Å². The van der Waals surface area contributed by atoms with Crippen LogP contribution in [0.15, 0.2) is 0 Å². The number of nitrogens with zero attached hydrogens (tertiary/aromatic N) is 2. The lowest BCUT2D eigenvalue weighted by Crippen LogP contribution is -2.46. The summed E-state index contributed by atoms with van der Waals surface area (Å²) in [5.74, 6) is 2.38. The molecule has 0 bridgehead atoms. The second-order valence-corrected chi connectivity index (χ2v) is 8.39. The van der Waals surface area contributed by atoms with E-state index in [9.17, 15) is 4.79 Å².